The Labute approximate surface area is 96.9 Å². The molecule has 3 N–H and O–H groups in total. The SMILES string of the molecule is Cn1c(-c2[nH]ncc2N)cc2ccc(F)cc21. The van der Waals surface area contributed by atoms with E-state index < -0.39 is 0 Å². The average molecular weight is 230 g/mol. The minimum atomic E-state index is -0.247. The molecule has 0 saturated carbocycles. The van der Waals surface area contributed by atoms with Gasteiger partial charge in [-0.3, -0.25) is 5.10 Å². The molecular formula is C12H11FN4. The molecule has 0 unspecified atom stereocenters. The number of aromatic amines is 1. The van der Waals surface area contributed by atoms with E-state index in [2.05, 4.69) is 10.2 Å². The summed E-state index contributed by atoms with van der Waals surface area (Å²) in [5.74, 6) is -0.247. The number of aryl methyl sites for hydroxylation is 1. The van der Waals surface area contributed by atoms with Crippen LogP contribution in [0.5, 0.6) is 0 Å². The lowest BCUT2D eigenvalue weighted by Crippen LogP contribution is -1.94. The van der Waals surface area contributed by atoms with Crippen molar-refractivity contribution >= 4 is 16.6 Å². The van der Waals surface area contributed by atoms with Crippen molar-refractivity contribution in [2.75, 3.05) is 5.73 Å². The molecule has 0 atom stereocenters. The number of nitrogens with two attached hydrogens (primary N) is 1. The Morgan fingerprint density at radius 2 is 2.18 bits per heavy atom. The summed E-state index contributed by atoms with van der Waals surface area (Å²) in [6.07, 6.45) is 1.56. The van der Waals surface area contributed by atoms with Gasteiger partial charge in [-0.2, -0.15) is 5.10 Å². The second-order valence-electron chi connectivity index (χ2n) is 3.99. The second kappa shape index (κ2) is 3.35. The zero-order chi connectivity index (χ0) is 12.0. The van der Waals surface area contributed by atoms with Crippen LogP contribution in [0.2, 0.25) is 0 Å². The summed E-state index contributed by atoms with van der Waals surface area (Å²) >= 11 is 0. The molecule has 0 bridgehead atoms. The zero-order valence-corrected chi connectivity index (χ0v) is 9.24. The van der Waals surface area contributed by atoms with Gasteiger partial charge in [0.1, 0.15) is 11.5 Å². The molecule has 4 nitrogen and oxygen atoms in total. The molecule has 3 aromatic rings. The van der Waals surface area contributed by atoms with Gasteiger partial charge >= 0.3 is 0 Å². The summed E-state index contributed by atoms with van der Waals surface area (Å²) in [6, 6.07) is 6.66. The molecule has 0 aliphatic rings. The van der Waals surface area contributed by atoms with Gasteiger partial charge in [-0.05, 0) is 24.3 Å². The van der Waals surface area contributed by atoms with Crippen molar-refractivity contribution in [2.24, 2.45) is 7.05 Å². The molecule has 0 aliphatic heterocycles. The molecule has 3 rings (SSSR count). The smallest absolute Gasteiger partial charge is 0.125 e. The average Bonchev–Trinajstić information content (AvgIpc) is 2.84. The molecule has 0 amide bonds. The maximum absolute atomic E-state index is 13.2. The van der Waals surface area contributed by atoms with Crippen LogP contribution in [0.4, 0.5) is 10.1 Å². The fraction of sp³-hybridized carbons (Fsp3) is 0.0833. The maximum Gasteiger partial charge on any atom is 0.125 e. The van der Waals surface area contributed by atoms with Gasteiger partial charge in [0.2, 0.25) is 0 Å². The summed E-state index contributed by atoms with van der Waals surface area (Å²) in [4.78, 5) is 0. The van der Waals surface area contributed by atoms with E-state index in [4.69, 9.17) is 5.73 Å². The molecule has 2 heterocycles. The van der Waals surface area contributed by atoms with E-state index in [1.54, 1.807) is 12.3 Å². The van der Waals surface area contributed by atoms with E-state index in [1.807, 2.05) is 17.7 Å². The number of nitrogen functional groups attached to an aromatic ring is 1. The summed E-state index contributed by atoms with van der Waals surface area (Å²) in [5, 5.41) is 7.71. The molecule has 0 radical (unpaired) electrons. The number of H-pyrrole nitrogens is 1. The summed E-state index contributed by atoms with van der Waals surface area (Å²) in [7, 11) is 1.87. The monoisotopic (exact) mass is 230 g/mol. The first-order chi connectivity index (χ1) is 8.16. The highest BCUT2D eigenvalue weighted by Crippen LogP contribution is 2.29. The summed E-state index contributed by atoms with van der Waals surface area (Å²) in [6.45, 7) is 0. The van der Waals surface area contributed by atoms with Crippen molar-refractivity contribution in [1.82, 2.24) is 14.8 Å². The zero-order valence-electron chi connectivity index (χ0n) is 9.24. The van der Waals surface area contributed by atoms with Gasteiger partial charge < -0.3 is 10.3 Å². The summed E-state index contributed by atoms with van der Waals surface area (Å²) < 4.78 is 15.1. The third-order valence-electron chi connectivity index (χ3n) is 2.93. The lowest BCUT2D eigenvalue weighted by atomic mass is 10.2. The molecule has 86 valence electrons. The number of hydrogen-bond acceptors (Lipinski definition) is 2. The normalized spacial score (nSPS) is 11.2. The van der Waals surface area contributed by atoms with Crippen molar-refractivity contribution in [3.05, 3.63) is 36.3 Å². The Hall–Kier alpha value is -2.30. The lowest BCUT2D eigenvalue weighted by molar-refractivity contribution is 0.629. The van der Waals surface area contributed by atoms with Crippen LogP contribution in [0.1, 0.15) is 0 Å². The van der Waals surface area contributed by atoms with E-state index in [-0.39, 0.29) is 5.82 Å². The molecule has 0 saturated heterocycles. The van der Waals surface area contributed by atoms with Crippen molar-refractivity contribution in [3.63, 3.8) is 0 Å². The van der Waals surface area contributed by atoms with E-state index in [0.717, 1.165) is 22.3 Å². The number of aromatic nitrogens is 3. The predicted octanol–water partition coefficient (Wildman–Crippen LogP) is 2.29. The molecular weight excluding hydrogens is 219 g/mol. The third-order valence-corrected chi connectivity index (χ3v) is 2.93. The number of halogens is 1. The topological polar surface area (TPSA) is 59.6 Å². The second-order valence-corrected chi connectivity index (χ2v) is 3.99. The van der Waals surface area contributed by atoms with Gasteiger partial charge in [0.15, 0.2) is 0 Å². The first kappa shape index (κ1) is 9.89. The van der Waals surface area contributed by atoms with Crippen LogP contribution >= 0.6 is 0 Å². The molecule has 0 spiro atoms. The van der Waals surface area contributed by atoms with Gasteiger partial charge in [-0.15, -0.1) is 0 Å². The number of nitrogens with one attached hydrogen (secondary N) is 1. The fourth-order valence-corrected chi connectivity index (χ4v) is 2.04. The molecule has 0 fully saturated rings. The maximum atomic E-state index is 13.2. The largest absolute Gasteiger partial charge is 0.396 e. The molecule has 0 aliphatic carbocycles. The number of anilines is 1. The highest BCUT2D eigenvalue weighted by molar-refractivity contribution is 5.88. The van der Waals surface area contributed by atoms with Gasteiger partial charge in [-0.1, -0.05) is 0 Å². The first-order valence-electron chi connectivity index (χ1n) is 5.21. The highest BCUT2D eigenvalue weighted by atomic mass is 19.1. The fourth-order valence-electron chi connectivity index (χ4n) is 2.04. The van der Waals surface area contributed by atoms with Crippen molar-refractivity contribution < 1.29 is 4.39 Å². The van der Waals surface area contributed by atoms with E-state index >= 15 is 0 Å². The molecule has 17 heavy (non-hydrogen) atoms. The molecule has 1 aromatic carbocycles. The van der Waals surface area contributed by atoms with Gasteiger partial charge in [-0.25, -0.2) is 4.39 Å². The number of hydrogen-bond donors (Lipinski definition) is 2. The quantitative estimate of drug-likeness (QED) is 0.673. The molecule has 2 aromatic heterocycles. The van der Waals surface area contributed by atoms with Crippen LogP contribution in [0.3, 0.4) is 0 Å². The van der Waals surface area contributed by atoms with Crippen molar-refractivity contribution in [3.8, 4) is 11.4 Å². The van der Waals surface area contributed by atoms with E-state index in [0.29, 0.717) is 5.69 Å². The van der Waals surface area contributed by atoms with Crippen LogP contribution in [-0.4, -0.2) is 14.8 Å². The Balaban J connectivity index is 2.32. The number of nitrogens with zero attached hydrogens (tertiary/aromatic N) is 2. The van der Waals surface area contributed by atoms with E-state index in [9.17, 15) is 4.39 Å². The summed E-state index contributed by atoms with van der Waals surface area (Å²) in [5.41, 5.74) is 8.86. The van der Waals surface area contributed by atoms with Crippen LogP contribution in [0.15, 0.2) is 30.5 Å². The predicted molar refractivity (Wildman–Crippen MR) is 64.9 cm³/mol. The van der Waals surface area contributed by atoms with Gasteiger partial charge in [0, 0.05) is 12.4 Å². The van der Waals surface area contributed by atoms with Crippen molar-refractivity contribution in [2.45, 2.75) is 0 Å². The molecule has 5 heteroatoms. The Morgan fingerprint density at radius 3 is 2.88 bits per heavy atom. The Bertz CT molecular complexity index is 696. The number of rotatable bonds is 1. The van der Waals surface area contributed by atoms with Gasteiger partial charge in [0.05, 0.1) is 23.1 Å². The van der Waals surface area contributed by atoms with Crippen LogP contribution in [0, 0.1) is 5.82 Å². The van der Waals surface area contributed by atoms with Gasteiger partial charge in [0.25, 0.3) is 0 Å². The standard InChI is InChI=1S/C12H11FN4/c1-17-10-5-8(13)3-2-7(10)4-11(17)12-9(14)6-15-16-12/h2-6H,14H2,1H3,(H,15,16). The Morgan fingerprint density at radius 1 is 1.35 bits per heavy atom. The van der Waals surface area contributed by atoms with E-state index in [1.165, 1.54) is 12.1 Å². The van der Waals surface area contributed by atoms with Crippen LogP contribution in [0.25, 0.3) is 22.3 Å². The third kappa shape index (κ3) is 1.39. The minimum absolute atomic E-state index is 0.247. The van der Waals surface area contributed by atoms with Crippen molar-refractivity contribution in [1.29, 1.82) is 0 Å². The number of fused-ring (bicyclic) bond motifs is 1. The minimum Gasteiger partial charge on any atom is -0.396 e. The lowest BCUT2D eigenvalue weighted by Gasteiger charge is -2.02. The van der Waals surface area contributed by atoms with Crippen LogP contribution in [-0.2, 0) is 7.05 Å². The Kier molecular flexibility index (Phi) is 1.95. The first-order valence-corrected chi connectivity index (χ1v) is 5.21. The number of benzene rings is 1. The highest BCUT2D eigenvalue weighted by Gasteiger charge is 2.12. The van der Waals surface area contributed by atoms with Crippen LogP contribution < -0.4 is 5.73 Å².